The number of thioether (sulfide) groups is 1. The summed E-state index contributed by atoms with van der Waals surface area (Å²) in [7, 11) is 1.58. The summed E-state index contributed by atoms with van der Waals surface area (Å²) in [6.07, 6.45) is 1.76. The molecule has 0 saturated carbocycles. The molecule has 1 N–H and O–H groups in total. The van der Waals surface area contributed by atoms with E-state index < -0.39 is 0 Å². The Kier molecular flexibility index (Phi) is 5.15. The zero-order chi connectivity index (χ0) is 17.3. The number of carbonyl (C=O) groups is 1. The molecule has 24 heavy (non-hydrogen) atoms. The number of halogens is 2. The number of thiocarbonyl (C=S) groups is 1. The summed E-state index contributed by atoms with van der Waals surface area (Å²) in [4.78, 5) is 12.4. The highest BCUT2D eigenvalue weighted by Gasteiger charge is 2.22. The molecule has 0 aromatic heterocycles. The number of benzene rings is 2. The first-order valence-corrected chi connectivity index (χ1v) is 8.83. The van der Waals surface area contributed by atoms with Crippen molar-refractivity contribution in [3.05, 3.63) is 56.9 Å². The molecule has 0 unspecified atom stereocenters. The summed E-state index contributed by atoms with van der Waals surface area (Å²) in [5.41, 5.74) is 2.57. The zero-order valence-corrected chi connectivity index (χ0v) is 15.6. The monoisotopic (exact) mass is 395 g/mol. The maximum Gasteiger partial charge on any atom is 0.263 e. The van der Waals surface area contributed by atoms with Gasteiger partial charge in [-0.25, -0.2) is 0 Å². The van der Waals surface area contributed by atoms with Gasteiger partial charge >= 0.3 is 0 Å². The SMILES string of the molecule is COc1ccc(-c2cc(Cl)cc(Cl)c2)cc1C=C1SC(=S)NC1=O. The fourth-order valence-corrected chi connectivity index (χ4v) is 3.87. The fraction of sp³-hybridized carbons (Fsp3) is 0.0588. The highest BCUT2D eigenvalue weighted by Crippen LogP contribution is 2.34. The number of nitrogens with one attached hydrogen (secondary N) is 1. The van der Waals surface area contributed by atoms with Crippen molar-refractivity contribution < 1.29 is 9.53 Å². The van der Waals surface area contributed by atoms with Crippen molar-refractivity contribution in [3.63, 3.8) is 0 Å². The van der Waals surface area contributed by atoms with Crippen LogP contribution in [0.25, 0.3) is 17.2 Å². The molecule has 0 aliphatic carbocycles. The summed E-state index contributed by atoms with van der Waals surface area (Å²) in [5.74, 6) is 0.453. The Hall–Kier alpha value is -1.53. The molecule has 3 nitrogen and oxygen atoms in total. The van der Waals surface area contributed by atoms with E-state index in [0.29, 0.717) is 25.0 Å². The molecule has 0 radical (unpaired) electrons. The zero-order valence-electron chi connectivity index (χ0n) is 12.4. The van der Waals surface area contributed by atoms with E-state index in [1.165, 1.54) is 11.8 Å². The average Bonchev–Trinajstić information content (AvgIpc) is 2.84. The van der Waals surface area contributed by atoms with Gasteiger partial charge in [-0.2, -0.15) is 0 Å². The average molecular weight is 396 g/mol. The van der Waals surface area contributed by atoms with Crippen LogP contribution in [-0.2, 0) is 4.79 Å². The highest BCUT2D eigenvalue weighted by molar-refractivity contribution is 8.26. The van der Waals surface area contributed by atoms with Gasteiger partial charge in [0.15, 0.2) is 0 Å². The van der Waals surface area contributed by atoms with Crippen molar-refractivity contribution in [3.8, 4) is 16.9 Å². The second-order valence-electron chi connectivity index (χ2n) is 4.97. The molecule has 122 valence electrons. The molecule has 3 rings (SSSR count). The largest absolute Gasteiger partial charge is 0.496 e. The maximum atomic E-state index is 11.9. The van der Waals surface area contributed by atoms with Crippen molar-refractivity contribution in [1.29, 1.82) is 0 Å². The number of rotatable bonds is 3. The molecule has 0 bridgehead atoms. The number of carbonyl (C=O) groups excluding carboxylic acids is 1. The van der Waals surface area contributed by atoms with Gasteiger partial charge in [0.2, 0.25) is 0 Å². The van der Waals surface area contributed by atoms with Gasteiger partial charge in [-0.15, -0.1) is 0 Å². The van der Waals surface area contributed by atoms with E-state index in [1.54, 1.807) is 19.3 Å². The van der Waals surface area contributed by atoms with Gasteiger partial charge in [0.1, 0.15) is 10.1 Å². The Morgan fingerprint density at radius 1 is 1.12 bits per heavy atom. The minimum atomic E-state index is -0.205. The molecule has 1 heterocycles. The van der Waals surface area contributed by atoms with Crippen LogP contribution in [0, 0.1) is 0 Å². The number of hydrogen-bond donors (Lipinski definition) is 1. The lowest BCUT2D eigenvalue weighted by Crippen LogP contribution is -2.17. The first-order valence-electron chi connectivity index (χ1n) is 6.85. The van der Waals surface area contributed by atoms with Gasteiger partial charge in [0.25, 0.3) is 5.91 Å². The van der Waals surface area contributed by atoms with Crippen molar-refractivity contribution in [1.82, 2.24) is 5.32 Å². The molecule has 2 aromatic rings. The molecule has 7 heteroatoms. The molecule has 1 aliphatic heterocycles. The van der Waals surface area contributed by atoms with Crippen LogP contribution >= 0.6 is 47.2 Å². The Bertz CT molecular complexity index is 861. The van der Waals surface area contributed by atoms with E-state index in [2.05, 4.69) is 5.32 Å². The summed E-state index contributed by atoms with van der Waals surface area (Å²) in [6.45, 7) is 0. The van der Waals surface area contributed by atoms with Gasteiger partial charge in [-0.1, -0.05) is 53.2 Å². The molecule has 1 amide bonds. The van der Waals surface area contributed by atoms with Crippen molar-refractivity contribution in [2.75, 3.05) is 7.11 Å². The van der Waals surface area contributed by atoms with Crippen LogP contribution in [0.2, 0.25) is 10.0 Å². The summed E-state index contributed by atoms with van der Waals surface area (Å²) >= 11 is 18.4. The second kappa shape index (κ2) is 7.15. The number of amides is 1. The standard InChI is InChI=1S/C17H11Cl2NO2S2/c1-22-14-3-2-9(10-5-12(18)8-13(19)6-10)4-11(14)7-15-16(21)20-17(23)24-15/h2-8H,1H3,(H,20,21,23). The highest BCUT2D eigenvalue weighted by atomic mass is 35.5. The molecular weight excluding hydrogens is 385 g/mol. The van der Waals surface area contributed by atoms with Gasteiger partial charge < -0.3 is 10.1 Å². The van der Waals surface area contributed by atoms with E-state index >= 15 is 0 Å². The lowest BCUT2D eigenvalue weighted by Gasteiger charge is -2.09. The van der Waals surface area contributed by atoms with Crippen LogP contribution in [0.3, 0.4) is 0 Å². The molecule has 1 aliphatic rings. The second-order valence-corrected chi connectivity index (χ2v) is 7.56. The third-order valence-corrected chi connectivity index (χ3v) is 4.95. The third-order valence-electron chi connectivity index (χ3n) is 3.35. The third kappa shape index (κ3) is 3.75. The lowest BCUT2D eigenvalue weighted by atomic mass is 10.0. The van der Waals surface area contributed by atoms with Crippen molar-refractivity contribution in [2.45, 2.75) is 0 Å². The van der Waals surface area contributed by atoms with Gasteiger partial charge in [0.05, 0.1) is 12.0 Å². The predicted molar refractivity (Wildman–Crippen MR) is 105 cm³/mol. The topological polar surface area (TPSA) is 38.3 Å². The summed E-state index contributed by atoms with van der Waals surface area (Å²) < 4.78 is 5.83. The number of methoxy groups -OCH3 is 1. The van der Waals surface area contributed by atoms with Gasteiger partial charge in [-0.3, -0.25) is 4.79 Å². The van der Waals surface area contributed by atoms with Crippen LogP contribution in [0.1, 0.15) is 5.56 Å². The predicted octanol–water partition coefficient (Wildman–Crippen LogP) is 5.16. The van der Waals surface area contributed by atoms with Crippen molar-refractivity contribution >= 4 is 63.5 Å². The normalized spacial score (nSPS) is 15.7. The Morgan fingerprint density at radius 2 is 1.83 bits per heavy atom. The summed E-state index contributed by atoms with van der Waals surface area (Å²) in [5, 5.41) is 3.72. The van der Waals surface area contributed by atoms with E-state index in [1.807, 2.05) is 30.3 Å². The number of hydrogen-bond acceptors (Lipinski definition) is 4. The van der Waals surface area contributed by atoms with Gasteiger partial charge in [0, 0.05) is 15.6 Å². The summed E-state index contributed by atoms with van der Waals surface area (Å²) in [6, 6.07) is 11.0. The van der Waals surface area contributed by atoms with Crippen LogP contribution in [0.4, 0.5) is 0 Å². The lowest BCUT2D eigenvalue weighted by molar-refractivity contribution is -0.115. The maximum absolute atomic E-state index is 11.9. The van der Waals surface area contributed by atoms with Crippen LogP contribution in [0.5, 0.6) is 5.75 Å². The molecule has 0 atom stereocenters. The van der Waals surface area contributed by atoms with E-state index in [9.17, 15) is 4.79 Å². The molecule has 2 aromatic carbocycles. The van der Waals surface area contributed by atoms with Crippen LogP contribution in [0.15, 0.2) is 41.3 Å². The number of ether oxygens (including phenoxy) is 1. The van der Waals surface area contributed by atoms with E-state index in [-0.39, 0.29) is 5.91 Å². The van der Waals surface area contributed by atoms with Crippen LogP contribution < -0.4 is 10.1 Å². The van der Waals surface area contributed by atoms with Crippen molar-refractivity contribution in [2.24, 2.45) is 0 Å². The van der Waals surface area contributed by atoms with E-state index in [0.717, 1.165) is 16.7 Å². The molecular formula is C17H11Cl2NO2S2. The Balaban J connectivity index is 2.07. The Labute approximate surface area is 159 Å². The smallest absolute Gasteiger partial charge is 0.263 e. The van der Waals surface area contributed by atoms with E-state index in [4.69, 9.17) is 40.2 Å². The van der Waals surface area contributed by atoms with Gasteiger partial charge in [-0.05, 0) is 47.5 Å². The molecule has 1 saturated heterocycles. The first-order chi connectivity index (χ1) is 11.5. The minimum absolute atomic E-state index is 0.205. The Morgan fingerprint density at radius 3 is 2.42 bits per heavy atom. The minimum Gasteiger partial charge on any atom is -0.496 e. The molecule has 0 spiro atoms. The first kappa shape index (κ1) is 17.3. The molecule has 1 fully saturated rings. The fourth-order valence-electron chi connectivity index (χ4n) is 2.31. The van der Waals surface area contributed by atoms with Crippen LogP contribution in [-0.4, -0.2) is 17.3 Å². The quantitative estimate of drug-likeness (QED) is 0.575.